The Morgan fingerprint density at radius 1 is 0.459 bits per heavy atom. The van der Waals surface area contributed by atoms with Crippen molar-refractivity contribution in [3.8, 4) is 22.6 Å². The topological polar surface area (TPSA) is 59.1 Å². The zero-order valence-corrected chi connectivity index (χ0v) is 34.6. The van der Waals surface area contributed by atoms with Crippen molar-refractivity contribution in [2.45, 2.75) is 33.1 Å². The first-order chi connectivity index (χ1) is 29.5. The second-order valence-electron chi connectivity index (χ2n) is 16.1. The standard InChI is InChI=1S/C55H44N2O4/c1-35(2)53(58)60-43-21-13-19-39(31-43)56(51-25-11-17-37-15-7-9-23-45(37)51)41-27-29-47-48-30-28-42(34-50(48)55(5,6)49(47)33-41)57(52-26-12-18-38-16-8-10-24-46(38)52)40-20-14-22-44(32-40)61-54(59)36(3)4/h7-34H,1,3H2,2,4-6H3. The smallest absolute Gasteiger partial charge is 0.338 e. The predicted octanol–water partition coefficient (Wildman–Crippen LogP) is 14.2. The molecule has 0 fully saturated rings. The molecule has 0 unspecified atom stereocenters. The summed E-state index contributed by atoms with van der Waals surface area (Å²) in [5.41, 5.74) is 10.6. The molecule has 9 rings (SSSR count). The van der Waals surface area contributed by atoms with Crippen LogP contribution in [0.3, 0.4) is 0 Å². The molecule has 0 bridgehead atoms. The van der Waals surface area contributed by atoms with Crippen molar-refractivity contribution in [1.82, 2.24) is 0 Å². The van der Waals surface area contributed by atoms with Gasteiger partial charge in [-0.1, -0.05) is 124 Å². The van der Waals surface area contributed by atoms with E-state index in [4.69, 9.17) is 9.47 Å². The first kappa shape index (κ1) is 38.8. The third-order valence-corrected chi connectivity index (χ3v) is 11.4. The van der Waals surface area contributed by atoms with Crippen molar-refractivity contribution in [2.75, 3.05) is 9.80 Å². The molecular weight excluding hydrogens is 753 g/mol. The van der Waals surface area contributed by atoms with Crippen LogP contribution in [0.25, 0.3) is 32.7 Å². The molecule has 61 heavy (non-hydrogen) atoms. The fourth-order valence-electron chi connectivity index (χ4n) is 8.41. The van der Waals surface area contributed by atoms with E-state index < -0.39 is 17.4 Å². The summed E-state index contributed by atoms with van der Waals surface area (Å²) >= 11 is 0. The van der Waals surface area contributed by atoms with Gasteiger partial charge in [-0.2, -0.15) is 0 Å². The summed E-state index contributed by atoms with van der Waals surface area (Å²) in [5.74, 6) is -0.0636. The molecule has 0 radical (unpaired) electrons. The van der Waals surface area contributed by atoms with Crippen LogP contribution in [0.2, 0.25) is 0 Å². The first-order valence-corrected chi connectivity index (χ1v) is 20.3. The Balaban J connectivity index is 1.17. The molecule has 8 aromatic carbocycles. The maximum atomic E-state index is 12.6. The van der Waals surface area contributed by atoms with Gasteiger partial charge in [0.2, 0.25) is 0 Å². The van der Waals surface area contributed by atoms with Gasteiger partial charge in [0.25, 0.3) is 0 Å². The Morgan fingerprint density at radius 2 is 0.836 bits per heavy atom. The summed E-state index contributed by atoms with van der Waals surface area (Å²) in [6.45, 7) is 15.4. The molecule has 0 saturated heterocycles. The normalized spacial score (nSPS) is 12.3. The number of hydrogen-bond acceptors (Lipinski definition) is 6. The highest BCUT2D eigenvalue weighted by Crippen LogP contribution is 2.53. The highest BCUT2D eigenvalue weighted by atomic mass is 16.5. The number of rotatable bonds is 10. The molecule has 298 valence electrons. The second-order valence-corrected chi connectivity index (χ2v) is 16.1. The lowest BCUT2D eigenvalue weighted by Crippen LogP contribution is -2.18. The number of anilines is 6. The highest BCUT2D eigenvalue weighted by molar-refractivity contribution is 6.01. The average Bonchev–Trinajstić information content (AvgIpc) is 3.49. The van der Waals surface area contributed by atoms with Crippen LogP contribution in [0, 0.1) is 0 Å². The maximum absolute atomic E-state index is 12.6. The molecule has 8 aromatic rings. The predicted molar refractivity (Wildman–Crippen MR) is 249 cm³/mol. The van der Waals surface area contributed by atoms with E-state index in [0.29, 0.717) is 22.6 Å². The van der Waals surface area contributed by atoms with Gasteiger partial charge in [-0.25, -0.2) is 9.59 Å². The molecule has 6 heteroatoms. The van der Waals surface area contributed by atoms with Crippen molar-refractivity contribution in [2.24, 2.45) is 0 Å². The lowest BCUT2D eigenvalue weighted by atomic mass is 9.82. The minimum atomic E-state index is -0.469. The molecule has 0 aromatic heterocycles. The number of esters is 2. The molecule has 1 aliphatic carbocycles. The van der Waals surface area contributed by atoms with Crippen molar-refractivity contribution in [1.29, 1.82) is 0 Å². The molecule has 0 N–H and O–H groups in total. The average molecular weight is 797 g/mol. The van der Waals surface area contributed by atoms with Gasteiger partial charge in [0.05, 0.1) is 11.4 Å². The molecule has 0 atom stereocenters. The number of carbonyl (C=O) groups excluding carboxylic acids is 2. The van der Waals surface area contributed by atoms with Crippen LogP contribution in [0.1, 0.15) is 38.8 Å². The Morgan fingerprint density at radius 3 is 1.26 bits per heavy atom. The summed E-state index contributed by atoms with van der Waals surface area (Å²) < 4.78 is 11.5. The number of hydrogen-bond donors (Lipinski definition) is 0. The molecule has 6 nitrogen and oxygen atoms in total. The van der Waals surface area contributed by atoms with Gasteiger partial charge in [0.1, 0.15) is 11.5 Å². The third-order valence-electron chi connectivity index (χ3n) is 11.4. The van der Waals surface area contributed by atoms with Crippen molar-refractivity contribution >= 4 is 67.6 Å². The number of benzene rings is 8. The molecular formula is C55H44N2O4. The number of fused-ring (bicyclic) bond motifs is 5. The van der Waals surface area contributed by atoms with E-state index in [1.54, 1.807) is 26.0 Å². The van der Waals surface area contributed by atoms with Crippen molar-refractivity contribution in [3.05, 3.63) is 205 Å². The SMILES string of the molecule is C=C(C)C(=O)Oc1cccc(N(c2ccc3c(c2)C(C)(C)c2cc(N(c4cccc(OC(=O)C(=C)C)c4)c4cccc5ccccc45)ccc2-3)c2cccc3ccccc23)c1. The summed E-state index contributed by atoms with van der Waals surface area (Å²) in [6.07, 6.45) is 0. The van der Waals surface area contributed by atoms with Gasteiger partial charge in [0.15, 0.2) is 0 Å². The van der Waals surface area contributed by atoms with E-state index in [1.807, 2.05) is 48.5 Å². The van der Waals surface area contributed by atoms with Gasteiger partial charge in [0, 0.05) is 62.2 Å². The van der Waals surface area contributed by atoms with Crippen LogP contribution in [-0.2, 0) is 15.0 Å². The maximum Gasteiger partial charge on any atom is 0.338 e. The van der Waals surface area contributed by atoms with Gasteiger partial charge in [-0.15, -0.1) is 0 Å². The Labute approximate surface area is 356 Å². The van der Waals surface area contributed by atoms with Gasteiger partial charge in [-0.3, -0.25) is 0 Å². The number of nitrogens with zero attached hydrogens (tertiary/aromatic N) is 2. The van der Waals surface area contributed by atoms with Gasteiger partial charge in [-0.05, 0) is 108 Å². The van der Waals surface area contributed by atoms with E-state index >= 15 is 0 Å². The number of ether oxygens (including phenoxy) is 2. The summed E-state index contributed by atoms with van der Waals surface area (Å²) in [6, 6.07) is 58.0. The van der Waals surface area contributed by atoms with Crippen LogP contribution in [-0.4, -0.2) is 11.9 Å². The fraction of sp³-hybridized carbons (Fsp3) is 0.0909. The van der Waals surface area contributed by atoms with Crippen LogP contribution in [0.4, 0.5) is 34.1 Å². The third kappa shape index (κ3) is 7.12. The molecule has 0 spiro atoms. The van der Waals surface area contributed by atoms with Crippen molar-refractivity contribution in [3.63, 3.8) is 0 Å². The van der Waals surface area contributed by atoms with Crippen LogP contribution in [0.15, 0.2) is 194 Å². The van der Waals surface area contributed by atoms with Crippen LogP contribution in [0.5, 0.6) is 11.5 Å². The minimum Gasteiger partial charge on any atom is -0.423 e. The van der Waals surface area contributed by atoms with E-state index in [0.717, 1.165) is 55.7 Å². The lowest BCUT2D eigenvalue weighted by molar-refractivity contribution is -0.130. The monoisotopic (exact) mass is 796 g/mol. The molecule has 1 aliphatic rings. The fourth-order valence-corrected chi connectivity index (χ4v) is 8.41. The minimum absolute atomic E-state index is 0.331. The lowest BCUT2D eigenvalue weighted by Gasteiger charge is -2.30. The van der Waals surface area contributed by atoms with E-state index in [9.17, 15) is 9.59 Å². The summed E-state index contributed by atoms with van der Waals surface area (Å²) in [7, 11) is 0. The second kappa shape index (κ2) is 15.5. The first-order valence-electron chi connectivity index (χ1n) is 20.3. The van der Waals surface area contributed by atoms with Crippen LogP contribution >= 0.6 is 0 Å². The largest absolute Gasteiger partial charge is 0.423 e. The zero-order valence-electron chi connectivity index (χ0n) is 34.6. The van der Waals surface area contributed by atoms with E-state index in [1.165, 1.54) is 22.3 Å². The summed E-state index contributed by atoms with van der Waals surface area (Å²) in [4.78, 5) is 29.7. The molecule has 0 aliphatic heterocycles. The Kier molecular flexibility index (Phi) is 9.84. The van der Waals surface area contributed by atoms with E-state index in [-0.39, 0.29) is 0 Å². The number of carbonyl (C=O) groups is 2. The quantitative estimate of drug-likeness (QED) is 0.0780. The highest BCUT2D eigenvalue weighted by Gasteiger charge is 2.37. The molecule has 0 amide bonds. The van der Waals surface area contributed by atoms with E-state index in [2.05, 4.69) is 146 Å². The summed E-state index contributed by atoms with van der Waals surface area (Å²) in [5, 5.41) is 4.42. The molecule has 0 saturated carbocycles. The van der Waals surface area contributed by atoms with Crippen LogP contribution < -0.4 is 19.3 Å². The van der Waals surface area contributed by atoms with Gasteiger partial charge >= 0.3 is 11.9 Å². The molecule has 0 heterocycles. The van der Waals surface area contributed by atoms with Crippen molar-refractivity contribution < 1.29 is 19.1 Å². The van der Waals surface area contributed by atoms with Gasteiger partial charge < -0.3 is 19.3 Å². The zero-order chi connectivity index (χ0) is 42.4. The Hall–Kier alpha value is -7.70. The Bertz CT molecular complexity index is 2870.